The first-order valence-corrected chi connectivity index (χ1v) is 6.50. The molecule has 0 aliphatic heterocycles. The van der Waals surface area contributed by atoms with E-state index in [1.807, 2.05) is 17.8 Å². The molecule has 0 aliphatic rings. The number of aliphatic hydroxyl groups is 1. The van der Waals surface area contributed by atoms with Crippen LogP contribution in [0.1, 0.15) is 24.2 Å². The molecule has 5 heteroatoms. The molecule has 0 fully saturated rings. The minimum atomic E-state index is -0.649. The maximum atomic E-state index is 10.2. The van der Waals surface area contributed by atoms with Gasteiger partial charge in [-0.15, -0.1) is 0 Å². The number of aliphatic hydroxyl groups excluding tert-OH is 1. The van der Waals surface area contributed by atoms with Crippen molar-refractivity contribution in [3.63, 3.8) is 0 Å². The second kappa shape index (κ2) is 5.74. The van der Waals surface area contributed by atoms with E-state index in [1.54, 1.807) is 24.4 Å². The molecule has 18 heavy (non-hydrogen) atoms. The fraction of sp³-hybridized carbons (Fsp3) is 0.308. The summed E-state index contributed by atoms with van der Waals surface area (Å²) in [5.74, 6) is 0. The van der Waals surface area contributed by atoms with E-state index < -0.39 is 6.10 Å². The van der Waals surface area contributed by atoms with E-state index in [0.29, 0.717) is 22.0 Å². The van der Waals surface area contributed by atoms with E-state index in [2.05, 4.69) is 5.10 Å². The van der Waals surface area contributed by atoms with Gasteiger partial charge in [0.25, 0.3) is 0 Å². The Morgan fingerprint density at radius 1 is 1.39 bits per heavy atom. The SMILES string of the molecule is CCn1cc(CC(O)c2ccc(Cl)cc2Cl)cn1. The quantitative estimate of drug-likeness (QED) is 0.933. The molecule has 0 bridgehead atoms. The molecule has 96 valence electrons. The van der Waals surface area contributed by atoms with Crippen molar-refractivity contribution in [2.45, 2.75) is 26.0 Å². The molecule has 0 saturated carbocycles. The van der Waals surface area contributed by atoms with Crippen LogP contribution < -0.4 is 0 Å². The van der Waals surface area contributed by atoms with E-state index in [9.17, 15) is 5.11 Å². The summed E-state index contributed by atoms with van der Waals surface area (Å²) in [7, 11) is 0. The Bertz CT molecular complexity index is 540. The smallest absolute Gasteiger partial charge is 0.0845 e. The van der Waals surface area contributed by atoms with Crippen molar-refractivity contribution in [3.05, 3.63) is 51.8 Å². The first kappa shape index (κ1) is 13.4. The highest BCUT2D eigenvalue weighted by molar-refractivity contribution is 6.35. The zero-order chi connectivity index (χ0) is 13.1. The van der Waals surface area contributed by atoms with Crippen LogP contribution in [0.25, 0.3) is 0 Å². The fourth-order valence-corrected chi connectivity index (χ4v) is 2.32. The van der Waals surface area contributed by atoms with Crippen LogP contribution in [0.2, 0.25) is 10.0 Å². The van der Waals surface area contributed by atoms with Gasteiger partial charge in [0.2, 0.25) is 0 Å². The maximum Gasteiger partial charge on any atom is 0.0845 e. The van der Waals surface area contributed by atoms with Gasteiger partial charge in [-0.1, -0.05) is 29.3 Å². The lowest BCUT2D eigenvalue weighted by Crippen LogP contribution is -2.02. The van der Waals surface area contributed by atoms with Gasteiger partial charge in [0.05, 0.1) is 12.3 Å². The predicted molar refractivity (Wildman–Crippen MR) is 73.0 cm³/mol. The second-order valence-electron chi connectivity index (χ2n) is 4.09. The Labute approximate surface area is 116 Å². The maximum absolute atomic E-state index is 10.2. The Hall–Kier alpha value is -1.03. The summed E-state index contributed by atoms with van der Waals surface area (Å²) in [5.41, 5.74) is 1.67. The summed E-state index contributed by atoms with van der Waals surface area (Å²) in [6.07, 6.45) is 3.52. The molecule has 0 saturated heterocycles. The molecular weight excluding hydrogens is 271 g/mol. The molecule has 0 amide bonds. The molecule has 1 aromatic carbocycles. The third kappa shape index (κ3) is 3.05. The molecule has 1 aromatic heterocycles. The molecule has 1 heterocycles. The Morgan fingerprint density at radius 3 is 2.78 bits per heavy atom. The fourth-order valence-electron chi connectivity index (χ4n) is 1.79. The van der Waals surface area contributed by atoms with Gasteiger partial charge in [-0.2, -0.15) is 5.10 Å². The number of rotatable bonds is 4. The number of hydrogen-bond donors (Lipinski definition) is 1. The largest absolute Gasteiger partial charge is 0.388 e. The van der Waals surface area contributed by atoms with Crippen molar-refractivity contribution < 1.29 is 5.11 Å². The highest BCUT2D eigenvalue weighted by Crippen LogP contribution is 2.28. The topological polar surface area (TPSA) is 38.0 Å². The average molecular weight is 285 g/mol. The molecule has 1 unspecified atom stereocenters. The third-order valence-corrected chi connectivity index (χ3v) is 3.32. The lowest BCUT2D eigenvalue weighted by molar-refractivity contribution is 0.178. The van der Waals surface area contributed by atoms with Crippen molar-refractivity contribution in [1.82, 2.24) is 9.78 Å². The number of hydrogen-bond acceptors (Lipinski definition) is 2. The van der Waals surface area contributed by atoms with Crippen LogP contribution in [0.3, 0.4) is 0 Å². The van der Waals surface area contributed by atoms with E-state index in [-0.39, 0.29) is 0 Å². The summed E-state index contributed by atoms with van der Waals surface area (Å²) in [6, 6.07) is 5.11. The highest BCUT2D eigenvalue weighted by Gasteiger charge is 2.13. The molecule has 3 nitrogen and oxygen atoms in total. The lowest BCUT2D eigenvalue weighted by Gasteiger charge is -2.11. The molecule has 0 spiro atoms. The van der Waals surface area contributed by atoms with E-state index in [0.717, 1.165) is 12.1 Å². The number of halogens is 2. The Morgan fingerprint density at radius 2 is 2.17 bits per heavy atom. The number of aryl methyl sites for hydroxylation is 1. The van der Waals surface area contributed by atoms with E-state index >= 15 is 0 Å². The van der Waals surface area contributed by atoms with Crippen LogP contribution in [-0.2, 0) is 13.0 Å². The standard InChI is InChI=1S/C13H14Cl2N2O/c1-2-17-8-9(7-16-17)5-13(18)11-4-3-10(14)6-12(11)15/h3-4,6-8,13,18H,2,5H2,1H3. The van der Waals surface area contributed by atoms with Crippen molar-refractivity contribution >= 4 is 23.2 Å². The first-order chi connectivity index (χ1) is 8.60. The molecule has 0 radical (unpaired) electrons. The predicted octanol–water partition coefficient (Wildman–Crippen LogP) is 3.49. The van der Waals surface area contributed by atoms with Gasteiger partial charge in [0, 0.05) is 29.2 Å². The van der Waals surface area contributed by atoms with Crippen LogP contribution in [0.5, 0.6) is 0 Å². The normalized spacial score (nSPS) is 12.7. The Balaban J connectivity index is 2.13. The van der Waals surface area contributed by atoms with Gasteiger partial charge in [-0.05, 0) is 30.2 Å². The highest BCUT2D eigenvalue weighted by atomic mass is 35.5. The monoisotopic (exact) mass is 284 g/mol. The van der Waals surface area contributed by atoms with Gasteiger partial charge in [-0.25, -0.2) is 0 Å². The van der Waals surface area contributed by atoms with E-state index in [4.69, 9.17) is 23.2 Å². The summed E-state index contributed by atoms with van der Waals surface area (Å²) < 4.78 is 1.82. The molecule has 0 aliphatic carbocycles. The van der Waals surface area contributed by atoms with Gasteiger partial charge in [0.1, 0.15) is 0 Å². The van der Waals surface area contributed by atoms with Crippen LogP contribution in [0, 0.1) is 0 Å². The summed E-state index contributed by atoms with van der Waals surface area (Å²) >= 11 is 11.9. The zero-order valence-corrected chi connectivity index (χ0v) is 11.5. The zero-order valence-electron chi connectivity index (χ0n) is 9.98. The van der Waals surface area contributed by atoms with Crippen molar-refractivity contribution in [2.24, 2.45) is 0 Å². The lowest BCUT2D eigenvalue weighted by atomic mass is 10.0. The van der Waals surface area contributed by atoms with Crippen molar-refractivity contribution in [2.75, 3.05) is 0 Å². The molecule has 1 N–H and O–H groups in total. The van der Waals surface area contributed by atoms with Crippen LogP contribution in [0.4, 0.5) is 0 Å². The van der Waals surface area contributed by atoms with Gasteiger partial charge >= 0.3 is 0 Å². The third-order valence-electron chi connectivity index (χ3n) is 2.76. The average Bonchev–Trinajstić information content (AvgIpc) is 2.76. The number of aromatic nitrogens is 2. The minimum Gasteiger partial charge on any atom is -0.388 e. The Kier molecular flexibility index (Phi) is 4.27. The molecule has 2 aromatic rings. The summed E-state index contributed by atoms with van der Waals surface area (Å²) in [5, 5.41) is 15.4. The van der Waals surface area contributed by atoms with Crippen LogP contribution >= 0.6 is 23.2 Å². The molecular formula is C13H14Cl2N2O. The van der Waals surface area contributed by atoms with E-state index in [1.165, 1.54) is 0 Å². The van der Waals surface area contributed by atoms with Crippen molar-refractivity contribution in [3.8, 4) is 0 Å². The van der Waals surface area contributed by atoms with Gasteiger partial charge in [0.15, 0.2) is 0 Å². The minimum absolute atomic E-state index is 0.484. The summed E-state index contributed by atoms with van der Waals surface area (Å²) in [6.45, 7) is 2.83. The molecule has 2 rings (SSSR count). The molecule has 1 atom stereocenters. The van der Waals surface area contributed by atoms with Gasteiger partial charge in [-0.3, -0.25) is 4.68 Å². The second-order valence-corrected chi connectivity index (χ2v) is 4.93. The summed E-state index contributed by atoms with van der Waals surface area (Å²) in [4.78, 5) is 0. The number of benzene rings is 1. The van der Waals surface area contributed by atoms with Crippen LogP contribution in [0.15, 0.2) is 30.6 Å². The van der Waals surface area contributed by atoms with Crippen LogP contribution in [-0.4, -0.2) is 14.9 Å². The first-order valence-electron chi connectivity index (χ1n) is 5.74. The van der Waals surface area contributed by atoms with Crippen molar-refractivity contribution in [1.29, 1.82) is 0 Å². The number of nitrogens with zero attached hydrogens (tertiary/aromatic N) is 2. The van der Waals surface area contributed by atoms with Gasteiger partial charge < -0.3 is 5.11 Å².